The van der Waals surface area contributed by atoms with Crippen molar-refractivity contribution in [3.05, 3.63) is 35.9 Å². The number of carbonyl (C=O) groups is 1. The number of ether oxygens (including phenoxy) is 1. The van der Waals surface area contributed by atoms with Crippen LogP contribution in [-0.2, 0) is 16.1 Å². The number of hydrogen-bond acceptors (Lipinski definition) is 3. The Balaban J connectivity index is 2.09. The van der Waals surface area contributed by atoms with Crippen molar-refractivity contribution in [3.63, 3.8) is 0 Å². The molecule has 1 aliphatic rings. The van der Waals surface area contributed by atoms with E-state index in [4.69, 9.17) is 17.0 Å². The molecule has 0 aromatic heterocycles. The quantitative estimate of drug-likeness (QED) is 0.631. The normalized spacial score (nSPS) is 19.2. The van der Waals surface area contributed by atoms with Gasteiger partial charge in [-0.25, -0.2) is 4.79 Å². The molecule has 1 saturated heterocycles. The zero-order valence-electron chi connectivity index (χ0n) is 12.3. The smallest absolute Gasteiger partial charge is 0.329 e. The number of esters is 1. The minimum atomic E-state index is -0.459. The van der Waals surface area contributed by atoms with Crippen LogP contribution in [0, 0.1) is 0 Å². The van der Waals surface area contributed by atoms with Gasteiger partial charge in [0.2, 0.25) is 0 Å². The minimum Gasteiger partial charge on any atom is -0.458 e. The van der Waals surface area contributed by atoms with Gasteiger partial charge in [0.05, 0.1) is 4.99 Å². The zero-order chi connectivity index (χ0) is 14.8. The van der Waals surface area contributed by atoms with Gasteiger partial charge in [-0.1, -0.05) is 42.5 Å². The van der Waals surface area contributed by atoms with Crippen LogP contribution in [0.5, 0.6) is 0 Å². The predicted octanol–water partition coefficient (Wildman–Crippen LogP) is 3.32. The Hall–Kier alpha value is -1.42. The number of hydrogen-bond donors (Lipinski definition) is 0. The van der Waals surface area contributed by atoms with Crippen LogP contribution >= 0.6 is 12.2 Å². The number of thiocarbonyl (C=S) groups is 1. The van der Waals surface area contributed by atoms with Crippen molar-refractivity contribution < 1.29 is 9.53 Å². The number of rotatable bonds is 3. The summed E-state index contributed by atoms with van der Waals surface area (Å²) in [6.45, 7) is 6.34. The van der Waals surface area contributed by atoms with E-state index in [-0.39, 0.29) is 12.0 Å². The van der Waals surface area contributed by atoms with Crippen LogP contribution in [0.4, 0.5) is 0 Å². The first-order valence-corrected chi connectivity index (χ1v) is 7.34. The third-order valence-electron chi connectivity index (χ3n) is 3.20. The van der Waals surface area contributed by atoms with Gasteiger partial charge < -0.3 is 9.64 Å². The largest absolute Gasteiger partial charge is 0.458 e. The van der Waals surface area contributed by atoms with Crippen LogP contribution in [0.2, 0.25) is 0 Å². The lowest BCUT2D eigenvalue weighted by Crippen LogP contribution is -2.41. The van der Waals surface area contributed by atoms with E-state index in [2.05, 4.69) is 0 Å². The molecule has 108 valence electrons. The molecule has 20 heavy (non-hydrogen) atoms. The molecular weight excluding hydrogens is 270 g/mol. The van der Waals surface area contributed by atoms with E-state index < -0.39 is 5.60 Å². The monoisotopic (exact) mass is 291 g/mol. The van der Waals surface area contributed by atoms with Crippen molar-refractivity contribution in [2.24, 2.45) is 0 Å². The highest BCUT2D eigenvalue weighted by molar-refractivity contribution is 7.80. The van der Waals surface area contributed by atoms with Crippen LogP contribution in [-0.4, -0.2) is 27.5 Å². The fraction of sp³-hybridized carbons (Fsp3) is 0.500. The van der Waals surface area contributed by atoms with Gasteiger partial charge in [-0.05, 0) is 32.8 Å². The fourth-order valence-corrected chi connectivity index (χ4v) is 2.64. The third kappa shape index (κ3) is 3.79. The van der Waals surface area contributed by atoms with Gasteiger partial charge >= 0.3 is 5.97 Å². The molecule has 4 heteroatoms. The molecule has 0 saturated carbocycles. The van der Waals surface area contributed by atoms with Gasteiger partial charge in [0.15, 0.2) is 0 Å². The van der Waals surface area contributed by atoms with Crippen LogP contribution in [0.1, 0.15) is 39.2 Å². The zero-order valence-corrected chi connectivity index (χ0v) is 13.1. The number of benzene rings is 1. The maximum atomic E-state index is 12.3. The van der Waals surface area contributed by atoms with Crippen LogP contribution in [0.15, 0.2) is 30.3 Å². The summed E-state index contributed by atoms with van der Waals surface area (Å²) < 4.78 is 5.50. The third-order valence-corrected chi connectivity index (χ3v) is 3.64. The predicted molar refractivity (Wildman–Crippen MR) is 83.5 cm³/mol. The van der Waals surface area contributed by atoms with Crippen LogP contribution in [0.3, 0.4) is 0 Å². The van der Waals surface area contributed by atoms with E-state index in [9.17, 15) is 4.79 Å². The molecule has 0 N–H and O–H groups in total. The second-order valence-electron chi connectivity index (χ2n) is 6.10. The maximum Gasteiger partial charge on any atom is 0.329 e. The topological polar surface area (TPSA) is 29.5 Å². The Bertz CT molecular complexity index is 493. The highest BCUT2D eigenvalue weighted by atomic mass is 32.1. The highest BCUT2D eigenvalue weighted by Crippen LogP contribution is 2.25. The second kappa shape index (κ2) is 5.92. The summed E-state index contributed by atoms with van der Waals surface area (Å²) in [7, 11) is 0. The molecule has 0 amide bonds. The summed E-state index contributed by atoms with van der Waals surface area (Å²) in [6.07, 6.45) is 1.53. The Kier molecular flexibility index (Phi) is 4.43. The molecule has 0 aliphatic carbocycles. The van der Waals surface area contributed by atoms with Gasteiger partial charge in [-0.2, -0.15) is 0 Å². The first-order chi connectivity index (χ1) is 9.37. The Morgan fingerprint density at radius 3 is 2.60 bits per heavy atom. The van der Waals surface area contributed by atoms with Gasteiger partial charge in [-0.3, -0.25) is 0 Å². The molecule has 1 aliphatic heterocycles. The van der Waals surface area contributed by atoms with Gasteiger partial charge in [-0.15, -0.1) is 0 Å². The fourth-order valence-electron chi connectivity index (χ4n) is 2.33. The molecule has 1 fully saturated rings. The Morgan fingerprint density at radius 1 is 1.35 bits per heavy atom. The summed E-state index contributed by atoms with van der Waals surface area (Å²) in [5.41, 5.74) is 0.699. The molecule has 0 radical (unpaired) electrons. The number of likely N-dealkylation sites (tertiary alicyclic amines) is 1. The number of nitrogens with zero attached hydrogens (tertiary/aromatic N) is 1. The number of carbonyl (C=O) groups excluding carboxylic acids is 1. The van der Waals surface area contributed by atoms with E-state index in [1.165, 1.54) is 0 Å². The second-order valence-corrected chi connectivity index (χ2v) is 6.57. The molecule has 3 nitrogen and oxygen atoms in total. The van der Waals surface area contributed by atoms with Crippen molar-refractivity contribution >= 4 is 23.2 Å². The first kappa shape index (κ1) is 15.0. The minimum absolute atomic E-state index is 0.173. The van der Waals surface area contributed by atoms with E-state index in [0.717, 1.165) is 23.4 Å². The molecule has 1 atom stereocenters. The van der Waals surface area contributed by atoms with Gasteiger partial charge in [0.25, 0.3) is 0 Å². The molecule has 0 bridgehead atoms. The van der Waals surface area contributed by atoms with Crippen LogP contribution < -0.4 is 0 Å². The van der Waals surface area contributed by atoms with Crippen LogP contribution in [0.25, 0.3) is 0 Å². The summed E-state index contributed by atoms with van der Waals surface area (Å²) in [5.74, 6) is -0.173. The summed E-state index contributed by atoms with van der Waals surface area (Å²) >= 11 is 5.40. The first-order valence-electron chi connectivity index (χ1n) is 6.93. The Morgan fingerprint density at radius 2 is 2.00 bits per heavy atom. The average Bonchev–Trinajstić information content (AvgIpc) is 2.70. The summed E-state index contributed by atoms with van der Waals surface area (Å²) in [5, 5.41) is 0. The van der Waals surface area contributed by atoms with Gasteiger partial charge in [0.1, 0.15) is 11.6 Å². The molecule has 2 rings (SSSR count). The molecule has 0 spiro atoms. The van der Waals surface area contributed by atoms with E-state index >= 15 is 0 Å². The molecular formula is C16H21NO2S. The van der Waals surface area contributed by atoms with Gasteiger partial charge in [0, 0.05) is 13.0 Å². The van der Waals surface area contributed by atoms with Crippen molar-refractivity contribution in [3.8, 4) is 0 Å². The standard InChI is InChI=1S/C16H21NO2S/c1-16(2,3)19-15(18)13-9-10-14(20)17(13)11-12-7-5-4-6-8-12/h4-8,13H,9-11H2,1-3H3/t13-/m0/s1. The van der Waals surface area contributed by atoms with Crippen molar-refractivity contribution in [2.75, 3.05) is 0 Å². The van der Waals surface area contributed by atoms with Crippen molar-refractivity contribution in [2.45, 2.75) is 51.8 Å². The summed E-state index contributed by atoms with van der Waals surface area (Å²) in [6, 6.07) is 9.83. The highest BCUT2D eigenvalue weighted by Gasteiger charge is 2.36. The van der Waals surface area contributed by atoms with E-state index in [1.54, 1.807) is 0 Å². The SMILES string of the molecule is CC(C)(C)OC(=O)[C@@H]1CCC(=S)N1Cc1ccccc1. The maximum absolute atomic E-state index is 12.3. The molecule has 1 aromatic rings. The Labute approximate surface area is 125 Å². The molecule has 0 unspecified atom stereocenters. The van der Waals surface area contributed by atoms with E-state index in [0.29, 0.717) is 6.54 Å². The van der Waals surface area contributed by atoms with Crippen molar-refractivity contribution in [1.82, 2.24) is 4.90 Å². The lowest BCUT2D eigenvalue weighted by molar-refractivity contribution is -0.159. The molecule has 1 aromatic carbocycles. The lowest BCUT2D eigenvalue weighted by Gasteiger charge is -2.28. The average molecular weight is 291 g/mol. The lowest BCUT2D eigenvalue weighted by atomic mass is 10.1. The molecule has 1 heterocycles. The van der Waals surface area contributed by atoms with E-state index in [1.807, 2.05) is 56.0 Å². The summed E-state index contributed by atoms with van der Waals surface area (Å²) in [4.78, 5) is 15.1. The van der Waals surface area contributed by atoms with Crippen molar-refractivity contribution in [1.29, 1.82) is 0 Å².